The number of ether oxygens (including phenoxy) is 1. The van der Waals surface area contributed by atoms with Crippen molar-refractivity contribution in [3.8, 4) is 17.2 Å². The molecule has 0 fully saturated rings. The average Bonchev–Trinajstić information content (AvgIpc) is 2.93. The zero-order chi connectivity index (χ0) is 20.7. The van der Waals surface area contributed by atoms with E-state index in [0.29, 0.717) is 17.0 Å². The fourth-order valence-electron chi connectivity index (χ4n) is 2.50. The molecule has 0 aliphatic carbocycles. The Hall–Kier alpha value is -1.01. The molecule has 28 heavy (non-hydrogen) atoms. The lowest BCUT2D eigenvalue weighted by Gasteiger charge is -2.19. The molecule has 0 saturated carbocycles. The molecule has 3 rings (SSSR count). The van der Waals surface area contributed by atoms with Gasteiger partial charge in [-0.2, -0.15) is 0 Å². The molecule has 0 aliphatic rings. The Morgan fingerprint density at radius 1 is 0.893 bits per heavy atom. The highest BCUT2D eigenvalue weighted by Gasteiger charge is 2.29. The summed E-state index contributed by atoms with van der Waals surface area (Å²) in [5, 5.41) is 0. The van der Waals surface area contributed by atoms with Crippen LogP contribution in [0.4, 0.5) is 0 Å². The van der Waals surface area contributed by atoms with E-state index in [-0.39, 0.29) is 17.0 Å². The van der Waals surface area contributed by atoms with E-state index in [9.17, 15) is 4.79 Å². The largest absolute Gasteiger partial charge is 0.457 e. The summed E-state index contributed by atoms with van der Waals surface area (Å²) in [6.07, 6.45) is 3.24. The van der Waals surface area contributed by atoms with E-state index in [1.807, 2.05) is 0 Å². The molecule has 10 heteroatoms. The van der Waals surface area contributed by atoms with Crippen molar-refractivity contribution in [1.82, 2.24) is 9.13 Å². The molecule has 0 unspecified atom stereocenters. The van der Waals surface area contributed by atoms with Gasteiger partial charge >= 0.3 is 5.69 Å². The molecule has 0 radical (unpaired) electrons. The zero-order valence-electron chi connectivity index (χ0n) is 14.2. The number of nitrogens with zero attached hydrogens (tertiary/aromatic N) is 2. The number of hydrogen-bond acceptors (Lipinski definition) is 2. The monoisotopic (exact) mass is 498 g/mol. The van der Waals surface area contributed by atoms with Gasteiger partial charge in [0.15, 0.2) is 0 Å². The summed E-state index contributed by atoms with van der Waals surface area (Å²) >= 11 is 36.2. The Morgan fingerprint density at radius 3 is 2.18 bits per heavy atom. The SMILES string of the molecule is Cn1ccn(-c2ccc(Oc3cccc(C(Cl)(Cl)Cl)c3)c(C(Cl)(Cl)Cl)c2)c1=O. The minimum Gasteiger partial charge on any atom is -0.457 e. The van der Waals surface area contributed by atoms with Crippen molar-refractivity contribution in [1.29, 1.82) is 0 Å². The van der Waals surface area contributed by atoms with E-state index < -0.39 is 7.59 Å². The van der Waals surface area contributed by atoms with Crippen molar-refractivity contribution in [2.75, 3.05) is 0 Å². The Bertz CT molecular complexity index is 1060. The summed E-state index contributed by atoms with van der Waals surface area (Å²) in [6.45, 7) is 0. The summed E-state index contributed by atoms with van der Waals surface area (Å²) in [5.74, 6) is 0.679. The second-order valence-electron chi connectivity index (χ2n) is 5.87. The fraction of sp³-hybridized carbons (Fsp3) is 0.167. The van der Waals surface area contributed by atoms with Crippen LogP contribution in [-0.2, 0) is 14.6 Å². The third-order valence-electron chi connectivity index (χ3n) is 3.88. The molecule has 148 valence electrons. The van der Waals surface area contributed by atoms with Gasteiger partial charge in [0.05, 0.1) is 5.69 Å². The van der Waals surface area contributed by atoms with E-state index in [2.05, 4.69) is 0 Å². The molecule has 0 atom stereocenters. The molecule has 1 aromatic heterocycles. The van der Waals surface area contributed by atoms with Gasteiger partial charge in [-0.25, -0.2) is 4.79 Å². The van der Waals surface area contributed by atoms with Gasteiger partial charge in [0.2, 0.25) is 7.59 Å². The van der Waals surface area contributed by atoms with Crippen LogP contribution in [0.15, 0.2) is 59.7 Å². The van der Waals surface area contributed by atoms with E-state index in [1.54, 1.807) is 61.9 Å². The quantitative estimate of drug-likeness (QED) is 0.379. The van der Waals surface area contributed by atoms with Crippen molar-refractivity contribution < 1.29 is 4.74 Å². The lowest BCUT2D eigenvalue weighted by Crippen LogP contribution is -2.20. The smallest absolute Gasteiger partial charge is 0.332 e. The maximum absolute atomic E-state index is 12.2. The lowest BCUT2D eigenvalue weighted by atomic mass is 10.2. The van der Waals surface area contributed by atoms with Crippen LogP contribution in [0.5, 0.6) is 11.5 Å². The zero-order valence-corrected chi connectivity index (χ0v) is 18.7. The normalized spacial score (nSPS) is 12.2. The fourth-order valence-corrected chi connectivity index (χ4v) is 3.30. The number of alkyl halides is 6. The van der Waals surface area contributed by atoms with Crippen LogP contribution >= 0.6 is 69.6 Å². The maximum Gasteiger partial charge on any atom is 0.332 e. The summed E-state index contributed by atoms with van der Waals surface area (Å²) in [4.78, 5) is 12.2. The van der Waals surface area contributed by atoms with Crippen LogP contribution in [0.1, 0.15) is 11.1 Å². The molecule has 0 amide bonds. The van der Waals surface area contributed by atoms with Crippen LogP contribution < -0.4 is 10.4 Å². The van der Waals surface area contributed by atoms with E-state index in [0.717, 1.165) is 0 Å². The van der Waals surface area contributed by atoms with Crippen LogP contribution in [0, 0.1) is 0 Å². The maximum atomic E-state index is 12.2. The second-order valence-corrected chi connectivity index (χ2v) is 10.4. The number of halogens is 6. The van der Waals surface area contributed by atoms with Gasteiger partial charge in [-0.15, -0.1) is 0 Å². The minimum absolute atomic E-state index is 0.237. The Kier molecular flexibility index (Phi) is 6.21. The number of benzene rings is 2. The first kappa shape index (κ1) is 21.7. The number of rotatable bonds is 3. The first-order chi connectivity index (χ1) is 13.0. The first-order valence-electron chi connectivity index (χ1n) is 7.77. The number of aromatic nitrogens is 2. The van der Waals surface area contributed by atoms with Gasteiger partial charge in [-0.05, 0) is 30.3 Å². The molecule has 0 aliphatic heterocycles. The molecule has 2 aromatic carbocycles. The highest BCUT2D eigenvalue weighted by Crippen LogP contribution is 2.45. The van der Waals surface area contributed by atoms with Gasteiger partial charge < -0.3 is 9.30 Å². The van der Waals surface area contributed by atoms with Crippen molar-refractivity contribution in [2.24, 2.45) is 7.05 Å². The van der Waals surface area contributed by atoms with E-state index in [1.165, 1.54) is 9.13 Å². The van der Waals surface area contributed by atoms with Crippen molar-refractivity contribution in [3.05, 3.63) is 76.5 Å². The molecule has 3 aromatic rings. The summed E-state index contributed by atoms with van der Waals surface area (Å²) in [6, 6.07) is 11.4. The number of hydrogen-bond donors (Lipinski definition) is 0. The Labute approximate surface area is 191 Å². The molecular weight excluding hydrogens is 489 g/mol. The van der Waals surface area contributed by atoms with Gasteiger partial charge in [-0.3, -0.25) is 4.57 Å². The van der Waals surface area contributed by atoms with Crippen molar-refractivity contribution in [3.63, 3.8) is 0 Å². The summed E-state index contributed by atoms with van der Waals surface area (Å²) in [5.41, 5.74) is 0.969. The summed E-state index contributed by atoms with van der Waals surface area (Å²) in [7, 11) is 1.64. The standard InChI is InChI=1S/C18H12Cl6N2O2/c1-25-7-8-26(16(25)27)12-5-6-15(14(10-12)18(22,23)24)28-13-4-2-3-11(9-13)17(19,20)21/h2-10H,1H3. The Balaban J connectivity index is 2.04. The molecule has 0 N–H and O–H groups in total. The first-order valence-corrected chi connectivity index (χ1v) is 10.0. The van der Waals surface area contributed by atoms with Crippen molar-refractivity contribution in [2.45, 2.75) is 7.59 Å². The lowest BCUT2D eigenvalue weighted by molar-refractivity contribution is 0.476. The number of imidazole rings is 1. The van der Waals surface area contributed by atoms with Gasteiger partial charge in [0.25, 0.3) is 0 Å². The third-order valence-corrected chi connectivity index (χ3v) is 5.15. The van der Waals surface area contributed by atoms with Crippen LogP contribution in [0.2, 0.25) is 0 Å². The molecule has 4 nitrogen and oxygen atoms in total. The summed E-state index contributed by atoms with van der Waals surface area (Å²) < 4.78 is 5.34. The average molecular weight is 501 g/mol. The highest BCUT2D eigenvalue weighted by molar-refractivity contribution is 6.67. The van der Waals surface area contributed by atoms with Gasteiger partial charge in [-0.1, -0.05) is 81.7 Å². The third kappa shape index (κ3) is 4.76. The van der Waals surface area contributed by atoms with E-state index in [4.69, 9.17) is 74.3 Å². The van der Waals surface area contributed by atoms with Crippen LogP contribution in [0.25, 0.3) is 5.69 Å². The van der Waals surface area contributed by atoms with Gasteiger partial charge in [0, 0.05) is 30.6 Å². The molecular formula is C18H12Cl6N2O2. The van der Waals surface area contributed by atoms with E-state index >= 15 is 0 Å². The topological polar surface area (TPSA) is 36.2 Å². The van der Waals surface area contributed by atoms with Crippen molar-refractivity contribution >= 4 is 69.6 Å². The Morgan fingerprint density at radius 2 is 1.61 bits per heavy atom. The number of aryl methyl sites for hydroxylation is 1. The molecule has 0 saturated heterocycles. The predicted octanol–water partition coefficient (Wildman–Crippen LogP) is 6.62. The minimum atomic E-state index is -1.80. The molecule has 1 heterocycles. The molecule has 0 bridgehead atoms. The van der Waals surface area contributed by atoms with Crippen LogP contribution in [-0.4, -0.2) is 9.13 Å². The van der Waals surface area contributed by atoms with Gasteiger partial charge in [0.1, 0.15) is 11.5 Å². The highest BCUT2D eigenvalue weighted by atomic mass is 35.6. The molecule has 0 spiro atoms. The predicted molar refractivity (Wildman–Crippen MR) is 116 cm³/mol. The second kappa shape index (κ2) is 8.02. The van der Waals surface area contributed by atoms with Crippen LogP contribution in [0.3, 0.4) is 0 Å².